The van der Waals surface area contributed by atoms with Crippen LogP contribution >= 0.6 is 0 Å². The molecule has 1 rings (SSSR count). The molecular weight excluding hydrogens is 176 g/mol. The Labute approximate surface area is 83.5 Å². The van der Waals surface area contributed by atoms with Crippen LogP contribution in [-0.4, -0.2) is 0 Å². The van der Waals surface area contributed by atoms with E-state index >= 15 is 0 Å². The van der Waals surface area contributed by atoms with Gasteiger partial charge in [-0.15, -0.1) is 0 Å². The summed E-state index contributed by atoms with van der Waals surface area (Å²) >= 11 is 0. The maximum atomic E-state index is 11.3. The second-order valence-corrected chi connectivity index (χ2v) is 3.02. The van der Waals surface area contributed by atoms with E-state index in [4.69, 9.17) is 4.42 Å². The summed E-state index contributed by atoms with van der Waals surface area (Å²) in [6.07, 6.45) is 0.822. The number of hydrogen-bond acceptors (Lipinski definition) is 2. The number of rotatable bonds is 1. The van der Waals surface area contributed by atoms with E-state index < -0.39 is 0 Å². The van der Waals surface area contributed by atoms with Crippen molar-refractivity contribution in [3.8, 4) is 0 Å². The van der Waals surface area contributed by atoms with Crippen LogP contribution in [0.5, 0.6) is 0 Å². The molecule has 0 aliphatic rings. The van der Waals surface area contributed by atoms with Gasteiger partial charge in [0.2, 0.25) is 0 Å². The third kappa shape index (κ3) is 3.44. The maximum absolute atomic E-state index is 11.3. The molecule has 0 aliphatic carbocycles. The predicted octanol–water partition coefficient (Wildman–Crippen LogP) is 2.64. The van der Waals surface area contributed by atoms with Crippen molar-refractivity contribution in [2.45, 2.75) is 20.3 Å². The van der Waals surface area contributed by atoms with Crippen molar-refractivity contribution in [2.24, 2.45) is 0 Å². The highest BCUT2D eigenvalue weighted by atomic mass is 16.4. The molecule has 2 nitrogen and oxygen atoms in total. The molecule has 14 heavy (non-hydrogen) atoms. The Morgan fingerprint density at radius 1 is 1.21 bits per heavy atom. The van der Waals surface area contributed by atoms with Gasteiger partial charge in [0.05, 0.1) is 0 Å². The van der Waals surface area contributed by atoms with Gasteiger partial charge in [0.1, 0.15) is 5.76 Å². The van der Waals surface area contributed by atoms with E-state index in [1.807, 2.05) is 31.2 Å². The van der Waals surface area contributed by atoms with Crippen LogP contribution in [0, 0.1) is 6.92 Å². The zero-order chi connectivity index (χ0) is 10.4. The van der Waals surface area contributed by atoms with Gasteiger partial charge in [-0.2, -0.15) is 0 Å². The van der Waals surface area contributed by atoms with Crippen molar-refractivity contribution < 1.29 is 4.42 Å². The smallest absolute Gasteiger partial charge is 0.336 e. The van der Waals surface area contributed by atoms with Crippen LogP contribution in [0.15, 0.2) is 45.6 Å². The van der Waals surface area contributed by atoms with Crippen LogP contribution in [0.25, 0.3) is 0 Å². The zero-order valence-corrected chi connectivity index (χ0v) is 8.49. The van der Waals surface area contributed by atoms with E-state index in [0.29, 0.717) is 5.76 Å². The molecule has 1 aromatic rings. The molecule has 0 saturated carbocycles. The molecule has 1 heterocycles. The predicted molar refractivity (Wildman–Crippen MR) is 56.7 cm³/mol. The molecule has 0 spiro atoms. The molecule has 0 saturated heterocycles. The van der Waals surface area contributed by atoms with Crippen molar-refractivity contribution >= 4 is 0 Å². The molecule has 74 valence electrons. The summed E-state index contributed by atoms with van der Waals surface area (Å²) in [6, 6.07) is 10.9. The number of aryl methyl sites for hydroxylation is 2. The minimum absolute atomic E-state index is 0.310. The molecule has 0 amide bonds. The average Bonchev–Trinajstić information content (AvgIpc) is 2.15. The Bertz CT molecular complexity index is 403. The van der Waals surface area contributed by atoms with E-state index in [-0.39, 0.29) is 5.63 Å². The fraction of sp³-hybridized carbons (Fsp3) is 0.250. The second-order valence-electron chi connectivity index (χ2n) is 3.02. The van der Waals surface area contributed by atoms with Gasteiger partial charge >= 0.3 is 5.63 Å². The summed E-state index contributed by atoms with van der Waals surface area (Å²) in [6.45, 7) is 3.76. The lowest BCUT2D eigenvalue weighted by molar-refractivity contribution is 0.484. The highest BCUT2D eigenvalue weighted by Crippen LogP contribution is 1.94. The van der Waals surface area contributed by atoms with Gasteiger partial charge < -0.3 is 4.42 Å². The zero-order valence-electron chi connectivity index (χ0n) is 8.49. The normalized spacial score (nSPS) is 9.29. The van der Waals surface area contributed by atoms with E-state index in [9.17, 15) is 4.79 Å². The topological polar surface area (TPSA) is 30.2 Å². The Balaban J connectivity index is 3.40. The van der Waals surface area contributed by atoms with Crippen molar-refractivity contribution in [1.29, 1.82) is 0 Å². The van der Waals surface area contributed by atoms with Crippen molar-refractivity contribution in [2.75, 3.05) is 0 Å². The third-order valence-corrected chi connectivity index (χ3v) is 1.84. The van der Waals surface area contributed by atoms with Gasteiger partial charge in [-0.25, -0.2) is 4.79 Å². The minimum atomic E-state index is -0.310. The van der Waals surface area contributed by atoms with Crippen LogP contribution in [-0.2, 0) is 6.42 Å². The molecule has 1 aromatic heterocycles. The summed E-state index contributed by atoms with van der Waals surface area (Å²) in [7, 11) is 0. The largest absolute Gasteiger partial charge is 0.428 e. The summed E-state index contributed by atoms with van der Waals surface area (Å²) in [5.41, 5.74) is 0.657. The van der Waals surface area contributed by atoms with Crippen LogP contribution in [0.4, 0.5) is 0 Å². The van der Waals surface area contributed by atoms with Crippen molar-refractivity contribution in [3.63, 3.8) is 0 Å². The van der Waals surface area contributed by atoms with Crippen LogP contribution in [0.2, 0.25) is 0 Å². The summed E-state index contributed by atoms with van der Waals surface area (Å²) in [4.78, 5) is 11.3. The van der Waals surface area contributed by atoms with E-state index in [2.05, 4.69) is 0 Å². The molecular formula is C12H14O2. The van der Waals surface area contributed by atoms with Crippen LogP contribution in [0.3, 0.4) is 0 Å². The Hall–Kier alpha value is -1.57. The fourth-order valence-corrected chi connectivity index (χ4v) is 1.08. The molecule has 0 bridgehead atoms. The van der Waals surface area contributed by atoms with Gasteiger partial charge in [-0.3, -0.25) is 0 Å². The lowest BCUT2D eigenvalue weighted by Gasteiger charge is -1.88. The first kappa shape index (κ1) is 10.5. The Morgan fingerprint density at radius 2 is 1.93 bits per heavy atom. The third-order valence-electron chi connectivity index (χ3n) is 1.84. The molecule has 0 fully saturated rings. The molecule has 0 aromatic carbocycles. The van der Waals surface area contributed by atoms with E-state index in [1.165, 1.54) is 6.07 Å². The monoisotopic (exact) mass is 190 g/mol. The van der Waals surface area contributed by atoms with Gasteiger partial charge in [0.25, 0.3) is 0 Å². The van der Waals surface area contributed by atoms with Gasteiger partial charge in [-0.05, 0) is 25.0 Å². The highest BCUT2D eigenvalue weighted by molar-refractivity contribution is 5.09. The number of hydrogen-bond donors (Lipinski definition) is 0. The molecule has 0 unspecified atom stereocenters. The van der Waals surface area contributed by atoms with E-state index in [1.54, 1.807) is 13.0 Å². The first-order valence-corrected chi connectivity index (χ1v) is 4.66. The lowest BCUT2D eigenvalue weighted by atomic mass is 10.2. The molecule has 2 heteroatoms. The molecule has 0 radical (unpaired) electrons. The summed E-state index contributed by atoms with van der Waals surface area (Å²) in [5, 5.41) is 0. The standard InChI is InChI=1S/C12H14O2/c1-3-11-8-6-4-5-7-10(2)14-12(13)9-11/h4-9H,3H2,1-2H3. The molecule has 0 N–H and O–H groups in total. The highest BCUT2D eigenvalue weighted by Gasteiger charge is 1.86. The van der Waals surface area contributed by atoms with E-state index in [0.717, 1.165) is 12.0 Å². The minimum Gasteiger partial charge on any atom is -0.428 e. The lowest BCUT2D eigenvalue weighted by Crippen LogP contribution is -1.95. The van der Waals surface area contributed by atoms with Crippen molar-refractivity contribution in [3.05, 3.63) is 58.1 Å². The molecule has 0 atom stereocenters. The fourth-order valence-electron chi connectivity index (χ4n) is 1.08. The SMILES string of the molecule is CCc1cccccc(C)oc(=O)c1. The summed E-state index contributed by atoms with van der Waals surface area (Å²) in [5.74, 6) is 0.605. The quantitative estimate of drug-likeness (QED) is 0.681. The summed E-state index contributed by atoms with van der Waals surface area (Å²) < 4.78 is 5.02. The van der Waals surface area contributed by atoms with Gasteiger partial charge in [-0.1, -0.05) is 31.2 Å². The van der Waals surface area contributed by atoms with Gasteiger partial charge in [0, 0.05) is 6.07 Å². The first-order valence-electron chi connectivity index (χ1n) is 4.66. The Morgan fingerprint density at radius 3 is 2.64 bits per heavy atom. The maximum Gasteiger partial charge on any atom is 0.336 e. The van der Waals surface area contributed by atoms with Gasteiger partial charge in [0.15, 0.2) is 0 Å². The Kier molecular flexibility index (Phi) is 3.92. The second kappa shape index (κ2) is 5.22. The molecule has 0 aliphatic heterocycles. The van der Waals surface area contributed by atoms with Crippen LogP contribution in [0.1, 0.15) is 18.2 Å². The van der Waals surface area contributed by atoms with Crippen LogP contribution < -0.4 is 5.63 Å². The average molecular weight is 190 g/mol. The first-order chi connectivity index (χ1) is 6.72. The van der Waals surface area contributed by atoms with Crippen molar-refractivity contribution in [1.82, 2.24) is 0 Å².